The second-order valence-electron chi connectivity index (χ2n) is 5.39. The molecule has 2 rings (SSSR count). The van der Waals surface area contributed by atoms with Crippen molar-refractivity contribution in [3.8, 4) is 5.75 Å². The lowest BCUT2D eigenvalue weighted by Gasteiger charge is -2.37. The Hall–Kier alpha value is -1.10. The zero-order valence-corrected chi connectivity index (χ0v) is 13.3. The molecule has 0 radical (unpaired) electrons. The van der Waals surface area contributed by atoms with Crippen LogP contribution in [0.1, 0.15) is 38.2 Å². The van der Waals surface area contributed by atoms with Gasteiger partial charge in [0, 0.05) is 25.8 Å². The van der Waals surface area contributed by atoms with Gasteiger partial charge in [-0.25, -0.2) is 0 Å². The molecule has 4 nitrogen and oxygen atoms in total. The molecule has 1 aromatic rings. The summed E-state index contributed by atoms with van der Waals surface area (Å²) in [6.07, 6.45) is 2.23. The highest BCUT2D eigenvalue weighted by Crippen LogP contribution is 2.37. The smallest absolute Gasteiger partial charge is 0.169 e. The zero-order chi connectivity index (χ0) is 15.1. The van der Waals surface area contributed by atoms with E-state index in [9.17, 15) is 0 Å². The van der Waals surface area contributed by atoms with Crippen LogP contribution in [0.4, 0.5) is 0 Å². The number of rotatable bonds is 9. The lowest BCUT2D eigenvalue weighted by atomic mass is 9.76. The summed E-state index contributed by atoms with van der Waals surface area (Å²) in [6, 6.07) is 8.99. The predicted octanol–water partition coefficient (Wildman–Crippen LogP) is 2.93. The van der Waals surface area contributed by atoms with Gasteiger partial charge in [-0.05, 0) is 50.3 Å². The molecule has 0 unspecified atom stereocenters. The summed E-state index contributed by atoms with van der Waals surface area (Å²) in [6.45, 7) is 6.13. The van der Waals surface area contributed by atoms with Crippen LogP contribution in [0.15, 0.2) is 24.3 Å². The number of ether oxygens (including phenoxy) is 3. The van der Waals surface area contributed by atoms with E-state index in [2.05, 4.69) is 17.4 Å². The van der Waals surface area contributed by atoms with Crippen LogP contribution in [-0.4, -0.2) is 39.2 Å². The van der Waals surface area contributed by atoms with Crippen molar-refractivity contribution >= 4 is 0 Å². The van der Waals surface area contributed by atoms with E-state index in [-0.39, 0.29) is 6.29 Å². The molecule has 1 saturated carbocycles. The van der Waals surface area contributed by atoms with Gasteiger partial charge >= 0.3 is 0 Å². The van der Waals surface area contributed by atoms with Crippen molar-refractivity contribution < 1.29 is 14.2 Å². The number of methoxy groups -OCH3 is 1. The van der Waals surface area contributed by atoms with E-state index in [0.29, 0.717) is 25.2 Å². The predicted molar refractivity (Wildman–Crippen MR) is 83.8 cm³/mol. The quantitative estimate of drug-likeness (QED) is 0.711. The van der Waals surface area contributed by atoms with Gasteiger partial charge in [0.05, 0.1) is 7.11 Å². The van der Waals surface area contributed by atoms with Crippen LogP contribution < -0.4 is 10.1 Å². The SMILES string of the molecule is CCOC(CNC1CC(c2ccc(OC)cc2)C1)OCC. The number of nitrogens with one attached hydrogen (secondary N) is 1. The van der Waals surface area contributed by atoms with E-state index in [4.69, 9.17) is 14.2 Å². The fourth-order valence-electron chi connectivity index (χ4n) is 2.73. The van der Waals surface area contributed by atoms with Crippen LogP contribution in [0.5, 0.6) is 5.75 Å². The minimum atomic E-state index is -0.125. The van der Waals surface area contributed by atoms with E-state index in [1.165, 1.54) is 18.4 Å². The van der Waals surface area contributed by atoms with Gasteiger partial charge in [-0.1, -0.05) is 12.1 Å². The highest BCUT2D eigenvalue weighted by molar-refractivity contribution is 5.30. The fourth-order valence-corrected chi connectivity index (χ4v) is 2.73. The molecule has 118 valence electrons. The summed E-state index contributed by atoms with van der Waals surface area (Å²) in [4.78, 5) is 0. The molecular weight excluding hydrogens is 266 g/mol. The third-order valence-corrected chi connectivity index (χ3v) is 4.00. The van der Waals surface area contributed by atoms with Gasteiger partial charge in [0.25, 0.3) is 0 Å². The summed E-state index contributed by atoms with van der Waals surface area (Å²) in [5.41, 5.74) is 1.40. The molecule has 0 atom stereocenters. The van der Waals surface area contributed by atoms with Gasteiger partial charge < -0.3 is 19.5 Å². The van der Waals surface area contributed by atoms with Crippen LogP contribution in [0.3, 0.4) is 0 Å². The van der Waals surface area contributed by atoms with E-state index in [1.807, 2.05) is 26.0 Å². The largest absolute Gasteiger partial charge is 0.497 e. The van der Waals surface area contributed by atoms with Crippen LogP contribution in [-0.2, 0) is 9.47 Å². The number of benzene rings is 1. The van der Waals surface area contributed by atoms with Crippen molar-refractivity contribution in [3.05, 3.63) is 29.8 Å². The molecule has 1 N–H and O–H groups in total. The van der Waals surface area contributed by atoms with Crippen molar-refractivity contribution in [1.29, 1.82) is 0 Å². The van der Waals surface area contributed by atoms with Crippen molar-refractivity contribution in [1.82, 2.24) is 5.32 Å². The molecule has 0 saturated heterocycles. The highest BCUT2D eigenvalue weighted by Gasteiger charge is 2.30. The van der Waals surface area contributed by atoms with Crippen molar-refractivity contribution in [3.63, 3.8) is 0 Å². The Bertz CT molecular complexity index is 395. The molecule has 0 heterocycles. The maximum absolute atomic E-state index is 5.54. The Morgan fingerprint density at radius 2 is 1.71 bits per heavy atom. The lowest BCUT2D eigenvalue weighted by molar-refractivity contribution is -0.134. The average Bonchev–Trinajstić information content (AvgIpc) is 2.46. The minimum absolute atomic E-state index is 0.125. The molecule has 1 fully saturated rings. The van der Waals surface area contributed by atoms with Crippen molar-refractivity contribution in [2.24, 2.45) is 0 Å². The summed E-state index contributed by atoms with van der Waals surface area (Å²) in [5.74, 6) is 1.58. The first-order chi connectivity index (χ1) is 10.3. The number of hydrogen-bond donors (Lipinski definition) is 1. The molecule has 0 amide bonds. The second kappa shape index (κ2) is 8.37. The molecule has 4 heteroatoms. The van der Waals surface area contributed by atoms with E-state index in [0.717, 1.165) is 12.3 Å². The average molecular weight is 293 g/mol. The van der Waals surface area contributed by atoms with Crippen molar-refractivity contribution in [2.45, 2.75) is 44.9 Å². The van der Waals surface area contributed by atoms with E-state index < -0.39 is 0 Å². The molecule has 0 aliphatic heterocycles. The first kappa shape index (κ1) is 16.3. The first-order valence-electron chi connectivity index (χ1n) is 7.87. The van der Waals surface area contributed by atoms with Gasteiger partial charge in [-0.3, -0.25) is 0 Å². The Morgan fingerprint density at radius 3 is 2.24 bits per heavy atom. The fraction of sp³-hybridized carbons (Fsp3) is 0.647. The molecule has 1 aliphatic carbocycles. The van der Waals surface area contributed by atoms with Gasteiger partial charge in [0.15, 0.2) is 6.29 Å². The van der Waals surface area contributed by atoms with Crippen LogP contribution in [0, 0.1) is 0 Å². The third kappa shape index (κ3) is 4.70. The molecule has 0 bridgehead atoms. The van der Waals surface area contributed by atoms with Crippen molar-refractivity contribution in [2.75, 3.05) is 26.9 Å². The standard InChI is InChI=1S/C17H27NO3/c1-4-20-17(21-5-2)12-18-15-10-14(11-15)13-6-8-16(19-3)9-7-13/h6-9,14-15,17-18H,4-5,10-12H2,1-3H3. The molecular formula is C17H27NO3. The Labute approximate surface area is 127 Å². The number of hydrogen-bond acceptors (Lipinski definition) is 4. The lowest BCUT2D eigenvalue weighted by Crippen LogP contribution is -2.44. The Kier molecular flexibility index (Phi) is 6.49. The summed E-state index contributed by atoms with van der Waals surface area (Å²) >= 11 is 0. The summed E-state index contributed by atoms with van der Waals surface area (Å²) in [5, 5.41) is 3.54. The maximum Gasteiger partial charge on any atom is 0.169 e. The third-order valence-electron chi connectivity index (χ3n) is 4.00. The van der Waals surface area contributed by atoms with Gasteiger partial charge in [-0.2, -0.15) is 0 Å². The van der Waals surface area contributed by atoms with Gasteiger partial charge in [0.2, 0.25) is 0 Å². The maximum atomic E-state index is 5.54. The second-order valence-corrected chi connectivity index (χ2v) is 5.39. The molecule has 0 aromatic heterocycles. The van der Waals surface area contributed by atoms with E-state index >= 15 is 0 Å². The van der Waals surface area contributed by atoms with Gasteiger partial charge in [0.1, 0.15) is 5.75 Å². The Morgan fingerprint density at radius 1 is 1.10 bits per heavy atom. The first-order valence-corrected chi connectivity index (χ1v) is 7.87. The summed E-state index contributed by atoms with van der Waals surface area (Å²) in [7, 11) is 1.70. The zero-order valence-electron chi connectivity index (χ0n) is 13.3. The Balaban J connectivity index is 1.70. The topological polar surface area (TPSA) is 39.7 Å². The normalized spacial score (nSPS) is 21.3. The monoisotopic (exact) mass is 293 g/mol. The summed E-state index contributed by atoms with van der Waals surface area (Å²) < 4.78 is 16.3. The van der Waals surface area contributed by atoms with Crippen LogP contribution in [0.25, 0.3) is 0 Å². The molecule has 0 spiro atoms. The minimum Gasteiger partial charge on any atom is -0.497 e. The van der Waals surface area contributed by atoms with Crippen LogP contribution >= 0.6 is 0 Å². The van der Waals surface area contributed by atoms with Gasteiger partial charge in [-0.15, -0.1) is 0 Å². The highest BCUT2D eigenvalue weighted by atomic mass is 16.7. The molecule has 1 aromatic carbocycles. The molecule has 21 heavy (non-hydrogen) atoms. The van der Waals surface area contributed by atoms with Crippen LogP contribution in [0.2, 0.25) is 0 Å². The molecule has 1 aliphatic rings. The van der Waals surface area contributed by atoms with E-state index in [1.54, 1.807) is 7.11 Å².